The fraction of sp³-hybridized carbons (Fsp3) is 0. The minimum Gasteiger partial charge on any atom is -0.294 e. The topological polar surface area (TPSA) is 33.6 Å². The first-order valence-corrected chi connectivity index (χ1v) is 8.23. The van der Waals surface area contributed by atoms with E-state index in [4.69, 9.17) is 4.98 Å². The number of rotatable bonds is 1. The van der Waals surface area contributed by atoms with Crippen LogP contribution in [0.1, 0.15) is 0 Å². The Bertz CT molecular complexity index is 1170. The number of aromatic nitrogens is 3. The summed E-state index contributed by atoms with van der Waals surface area (Å²) in [7, 11) is 0. The Hall–Kier alpha value is -2.59. The maximum absolute atomic E-state index is 4.84. The molecule has 0 fully saturated rings. The average Bonchev–Trinajstić information content (AvgIpc) is 3.16. The van der Waals surface area contributed by atoms with Gasteiger partial charge in [0.15, 0.2) is 0 Å². The van der Waals surface area contributed by atoms with Gasteiger partial charge in [-0.15, -0.1) is 0 Å². The van der Waals surface area contributed by atoms with Crippen LogP contribution in [0.3, 0.4) is 0 Å². The number of nitrogens with zero attached hydrogens (tertiary/aromatic N) is 2. The fourth-order valence-electron chi connectivity index (χ4n) is 3.13. The largest absolute Gasteiger partial charge is 0.294 e. The molecule has 2 aromatic heterocycles. The molecule has 5 rings (SSSR count). The van der Waals surface area contributed by atoms with Gasteiger partial charge < -0.3 is 0 Å². The quantitative estimate of drug-likeness (QED) is 0.424. The molecule has 0 radical (unpaired) electrons. The van der Waals surface area contributed by atoms with E-state index in [9.17, 15) is 0 Å². The van der Waals surface area contributed by atoms with E-state index in [-0.39, 0.29) is 0 Å². The molecular weight excluding hydrogens is 350 g/mol. The molecule has 5 aromatic rings. The van der Waals surface area contributed by atoms with Gasteiger partial charge in [-0.25, -0.2) is 4.98 Å². The monoisotopic (exact) mass is 361 g/mol. The van der Waals surface area contributed by atoms with Crippen LogP contribution in [-0.2, 0) is 0 Å². The third-order valence-corrected chi connectivity index (χ3v) is 4.72. The Kier molecular flexibility index (Phi) is 2.64. The number of hydrogen-bond donors (Lipinski definition) is 1. The highest BCUT2D eigenvalue weighted by Gasteiger charge is 2.11. The summed E-state index contributed by atoms with van der Waals surface area (Å²) in [6, 6.07) is 20.8. The molecule has 3 aromatic carbocycles. The summed E-state index contributed by atoms with van der Waals surface area (Å²) in [4.78, 5) is 4.84. The molecule has 0 aliphatic carbocycles. The van der Waals surface area contributed by atoms with Crippen molar-refractivity contribution in [1.82, 2.24) is 14.8 Å². The van der Waals surface area contributed by atoms with Crippen LogP contribution in [-0.4, -0.2) is 14.8 Å². The molecule has 0 aliphatic heterocycles. The molecule has 0 saturated carbocycles. The standard InChI is InChI=1S/C19H12BrN3/c20-12-6-8-17-15(10-12)14-7-9-18-16(19(14)21-17)11-23(22-18)13-4-2-1-3-5-13/h1-11,22H. The van der Waals surface area contributed by atoms with E-state index in [1.54, 1.807) is 0 Å². The first kappa shape index (κ1) is 12.9. The number of H-pyrrole nitrogens is 1. The second kappa shape index (κ2) is 4.70. The SMILES string of the molecule is Brc1ccc2nc3c4cn(-c5ccccc5)[nH]c4ccc3c2c1. The highest BCUT2D eigenvalue weighted by Crippen LogP contribution is 2.32. The average molecular weight is 362 g/mol. The highest BCUT2D eigenvalue weighted by atomic mass is 79.9. The lowest BCUT2D eigenvalue weighted by Crippen LogP contribution is -1.92. The first-order valence-electron chi connectivity index (χ1n) is 7.44. The van der Waals surface area contributed by atoms with Crippen molar-refractivity contribution < 1.29 is 0 Å². The van der Waals surface area contributed by atoms with Crippen LogP contribution in [0.25, 0.3) is 38.4 Å². The van der Waals surface area contributed by atoms with E-state index in [2.05, 4.69) is 63.6 Å². The lowest BCUT2D eigenvalue weighted by Gasteiger charge is -2.00. The Labute approximate surface area is 140 Å². The van der Waals surface area contributed by atoms with Crippen LogP contribution >= 0.6 is 15.9 Å². The number of aromatic amines is 1. The van der Waals surface area contributed by atoms with Crippen LogP contribution < -0.4 is 0 Å². The van der Waals surface area contributed by atoms with Gasteiger partial charge in [-0.2, -0.15) is 0 Å². The molecule has 0 saturated heterocycles. The van der Waals surface area contributed by atoms with E-state index in [0.29, 0.717) is 0 Å². The first-order chi connectivity index (χ1) is 11.3. The zero-order chi connectivity index (χ0) is 15.4. The minimum atomic E-state index is 1.03. The second-order valence-corrected chi connectivity index (χ2v) is 6.56. The van der Waals surface area contributed by atoms with Gasteiger partial charge in [-0.1, -0.05) is 34.1 Å². The van der Waals surface area contributed by atoms with Gasteiger partial charge in [0.25, 0.3) is 0 Å². The van der Waals surface area contributed by atoms with Gasteiger partial charge in [0.05, 0.1) is 22.2 Å². The van der Waals surface area contributed by atoms with Crippen LogP contribution in [0.4, 0.5) is 0 Å². The van der Waals surface area contributed by atoms with Gasteiger partial charge in [-0.05, 0) is 42.5 Å². The maximum Gasteiger partial charge on any atom is 0.0825 e. The zero-order valence-corrected chi connectivity index (χ0v) is 13.7. The van der Waals surface area contributed by atoms with E-state index in [1.165, 1.54) is 10.8 Å². The summed E-state index contributed by atoms with van der Waals surface area (Å²) in [5.74, 6) is 0. The number of hydrogen-bond acceptors (Lipinski definition) is 1. The van der Waals surface area contributed by atoms with Crippen LogP contribution in [0.5, 0.6) is 0 Å². The van der Waals surface area contributed by atoms with Gasteiger partial charge in [0.1, 0.15) is 0 Å². The number of para-hydroxylation sites is 1. The Morgan fingerprint density at radius 1 is 0.870 bits per heavy atom. The molecule has 4 heteroatoms. The number of halogens is 1. The maximum atomic E-state index is 4.84. The van der Waals surface area contributed by atoms with Gasteiger partial charge >= 0.3 is 0 Å². The zero-order valence-electron chi connectivity index (χ0n) is 12.1. The minimum absolute atomic E-state index is 1.03. The summed E-state index contributed by atoms with van der Waals surface area (Å²) in [5, 5.41) is 6.94. The molecule has 1 N–H and O–H groups in total. The Morgan fingerprint density at radius 2 is 1.74 bits per heavy atom. The van der Waals surface area contributed by atoms with E-state index < -0.39 is 0 Å². The molecule has 0 spiro atoms. The molecular formula is C19H12BrN3. The lowest BCUT2D eigenvalue weighted by atomic mass is 10.1. The second-order valence-electron chi connectivity index (χ2n) is 5.64. The predicted octanol–water partition coefficient (Wildman–Crippen LogP) is 5.42. The van der Waals surface area contributed by atoms with Crippen molar-refractivity contribution in [3.63, 3.8) is 0 Å². The third kappa shape index (κ3) is 1.92. The van der Waals surface area contributed by atoms with Crippen molar-refractivity contribution in [2.75, 3.05) is 0 Å². The van der Waals surface area contributed by atoms with Crippen LogP contribution in [0, 0.1) is 0 Å². The van der Waals surface area contributed by atoms with Gasteiger partial charge in [0.2, 0.25) is 0 Å². The summed E-state index contributed by atoms with van der Waals surface area (Å²) >= 11 is 3.55. The van der Waals surface area contributed by atoms with Gasteiger partial charge in [-0.3, -0.25) is 9.78 Å². The molecule has 0 aliphatic rings. The molecule has 0 bridgehead atoms. The van der Waals surface area contributed by atoms with Crippen molar-refractivity contribution >= 4 is 48.6 Å². The molecule has 23 heavy (non-hydrogen) atoms. The molecule has 0 atom stereocenters. The van der Waals surface area contributed by atoms with E-state index in [1.807, 2.05) is 28.9 Å². The molecule has 0 amide bonds. The summed E-state index contributed by atoms with van der Waals surface area (Å²) in [6.07, 6.45) is 2.12. The third-order valence-electron chi connectivity index (χ3n) is 4.23. The highest BCUT2D eigenvalue weighted by molar-refractivity contribution is 9.10. The normalized spacial score (nSPS) is 11.7. The lowest BCUT2D eigenvalue weighted by molar-refractivity contribution is 0.896. The van der Waals surface area contributed by atoms with Crippen molar-refractivity contribution in [2.45, 2.75) is 0 Å². The Morgan fingerprint density at radius 3 is 2.61 bits per heavy atom. The van der Waals surface area contributed by atoms with Crippen molar-refractivity contribution in [2.24, 2.45) is 0 Å². The van der Waals surface area contributed by atoms with Crippen molar-refractivity contribution in [1.29, 1.82) is 0 Å². The Balaban J connectivity index is 1.86. The fourth-order valence-corrected chi connectivity index (χ4v) is 3.50. The molecule has 3 nitrogen and oxygen atoms in total. The number of benzene rings is 3. The predicted molar refractivity (Wildman–Crippen MR) is 98.1 cm³/mol. The summed E-state index contributed by atoms with van der Waals surface area (Å²) < 4.78 is 3.12. The summed E-state index contributed by atoms with van der Waals surface area (Å²) in [6.45, 7) is 0. The summed E-state index contributed by atoms with van der Waals surface area (Å²) in [5.41, 5.74) is 4.27. The molecule has 110 valence electrons. The van der Waals surface area contributed by atoms with Crippen molar-refractivity contribution in [3.05, 3.63) is 71.3 Å². The number of fused-ring (bicyclic) bond motifs is 5. The van der Waals surface area contributed by atoms with Gasteiger partial charge in [0, 0.05) is 26.8 Å². The number of nitrogens with one attached hydrogen (secondary N) is 1. The van der Waals surface area contributed by atoms with Crippen LogP contribution in [0.15, 0.2) is 71.3 Å². The molecule has 2 heterocycles. The smallest absolute Gasteiger partial charge is 0.0825 e. The van der Waals surface area contributed by atoms with E-state index in [0.717, 1.165) is 32.1 Å². The van der Waals surface area contributed by atoms with Crippen LogP contribution in [0.2, 0.25) is 0 Å². The van der Waals surface area contributed by atoms with Crippen molar-refractivity contribution in [3.8, 4) is 5.69 Å². The molecule has 0 unspecified atom stereocenters. The van der Waals surface area contributed by atoms with E-state index >= 15 is 0 Å².